The van der Waals surface area contributed by atoms with Gasteiger partial charge < -0.3 is 0 Å². The number of alkyl halides is 1. The average Bonchev–Trinajstić information content (AvgIpc) is 2.30. The van der Waals surface area contributed by atoms with Gasteiger partial charge in [0.25, 0.3) is 0 Å². The van der Waals surface area contributed by atoms with E-state index in [0.717, 1.165) is 5.56 Å². The van der Waals surface area contributed by atoms with Gasteiger partial charge in [0, 0.05) is 18.8 Å². The molecule has 6 heteroatoms. The molecule has 0 fully saturated rings. The molecule has 0 bridgehead atoms. The standard InChI is InChI=1S/C11H13ClN2O2S/c12-7-6-10-2-4-11(5-3-10)17(15,16)14-9-1-8-13/h2-5,14H,1,6-7,9H2. The van der Waals surface area contributed by atoms with Crippen molar-refractivity contribution >= 4 is 21.6 Å². The summed E-state index contributed by atoms with van der Waals surface area (Å²) in [5, 5.41) is 8.33. The van der Waals surface area contributed by atoms with Gasteiger partial charge in [-0.15, -0.1) is 11.6 Å². The molecule has 1 rings (SSSR count). The van der Waals surface area contributed by atoms with Crippen molar-refractivity contribution in [3.05, 3.63) is 29.8 Å². The topological polar surface area (TPSA) is 70.0 Å². The van der Waals surface area contributed by atoms with Crippen LogP contribution in [0, 0.1) is 11.3 Å². The maximum atomic E-state index is 11.7. The van der Waals surface area contributed by atoms with E-state index in [9.17, 15) is 8.42 Å². The van der Waals surface area contributed by atoms with Gasteiger partial charge in [-0.2, -0.15) is 5.26 Å². The largest absolute Gasteiger partial charge is 0.240 e. The van der Waals surface area contributed by atoms with Crippen molar-refractivity contribution in [1.82, 2.24) is 4.72 Å². The molecule has 92 valence electrons. The van der Waals surface area contributed by atoms with E-state index >= 15 is 0 Å². The Morgan fingerprint density at radius 1 is 1.29 bits per heavy atom. The van der Waals surface area contributed by atoms with Gasteiger partial charge in [0.05, 0.1) is 11.0 Å². The van der Waals surface area contributed by atoms with Gasteiger partial charge >= 0.3 is 0 Å². The zero-order valence-corrected chi connectivity index (χ0v) is 10.8. The fourth-order valence-corrected chi connectivity index (χ4v) is 2.52. The predicted molar refractivity (Wildman–Crippen MR) is 66.3 cm³/mol. The van der Waals surface area contributed by atoms with Gasteiger partial charge in [-0.25, -0.2) is 13.1 Å². The van der Waals surface area contributed by atoms with Gasteiger partial charge in [-0.1, -0.05) is 12.1 Å². The summed E-state index contributed by atoms with van der Waals surface area (Å²) in [5.41, 5.74) is 0.996. The molecule has 0 radical (unpaired) electrons. The summed E-state index contributed by atoms with van der Waals surface area (Å²) in [6, 6.07) is 8.43. The van der Waals surface area contributed by atoms with Crippen LogP contribution in [0.3, 0.4) is 0 Å². The molecule has 4 nitrogen and oxygen atoms in total. The van der Waals surface area contributed by atoms with E-state index in [4.69, 9.17) is 16.9 Å². The minimum absolute atomic E-state index is 0.127. The molecule has 0 unspecified atom stereocenters. The first-order valence-electron chi connectivity index (χ1n) is 5.11. The fourth-order valence-electron chi connectivity index (χ4n) is 1.27. The first-order valence-corrected chi connectivity index (χ1v) is 7.13. The molecule has 0 saturated heterocycles. The minimum atomic E-state index is -3.50. The monoisotopic (exact) mass is 272 g/mol. The van der Waals surface area contributed by atoms with Crippen LogP contribution in [-0.4, -0.2) is 20.8 Å². The molecule has 17 heavy (non-hydrogen) atoms. The molecular weight excluding hydrogens is 260 g/mol. The number of benzene rings is 1. The lowest BCUT2D eigenvalue weighted by Gasteiger charge is -2.05. The van der Waals surface area contributed by atoms with E-state index in [2.05, 4.69) is 4.72 Å². The molecular formula is C11H13ClN2O2S. The Morgan fingerprint density at radius 3 is 2.47 bits per heavy atom. The Hall–Kier alpha value is -1.09. The molecule has 0 aliphatic rings. The molecule has 0 aliphatic carbocycles. The lowest BCUT2D eigenvalue weighted by Crippen LogP contribution is -2.24. The van der Waals surface area contributed by atoms with Crippen LogP contribution in [0.4, 0.5) is 0 Å². The van der Waals surface area contributed by atoms with Crippen molar-refractivity contribution in [2.24, 2.45) is 0 Å². The van der Waals surface area contributed by atoms with Crippen molar-refractivity contribution in [2.75, 3.05) is 12.4 Å². The number of nitrogens with one attached hydrogen (secondary N) is 1. The summed E-state index contributed by atoms with van der Waals surface area (Å²) in [7, 11) is -3.50. The van der Waals surface area contributed by atoms with E-state index < -0.39 is 10.0 Å². The van der Waals surface area contributed by atoms with Crippen molar-refractivity contribution < 1.29 is 8.42 Å². The van der Waals surface area contributed by atoms with E-state index in [0.29, 0.717) is 12.3 Å². The molecule has 0 amide bonds. The summed E-state index contributed by atoms with van der Waals surface area (Å²) < 4.78 is 25.8. The number of aryl methyl sites for hydroxylation is 1. The molecule has 1 aromatic rings. The molecule has 1 N–H and O–H groups in total. The number of sulfonamides is 1. The Morgan fingerprint density at radius 2 is 1.94 bits per heavy atom. The van der Waals surface area contributed by atoms with E-state index in [1.165, 1.54) is 12.1 Å². The number of rotatable bonds is 6. The lowest BCUT2D eigenvalue weighted by molar-refractivity contribution is 0.582. The van der Waals surface area contributed by atoms with Gasteiger partial charge in [-0.3, -0.25) is 0 Å². The second kappa shape index (κ2) is 6.60. The second-order valence-electron chi connectivity index (χ2n) is 3.39. The highest BCUT2D eigenvalue weighted by Crippen LogP contribution is 2.11. The third-order valence-electron chi connectivity index (χ3n) is 2.15. The third-order valence-corrected chi connectivity index (χ3v) is 3.81. The predicted octanol–water partition coefficient (Wildman–Crippen LogP) is 1.66. The highest BCUT2D eigenvalue weighted by atomic mass is 35.5. The molecule has 0 aromatic heterocycles. The number of nitrogens with zero attached hydrogens (tertiary/aromatic N) is 1. The quantitative estimate of drug-likeness (QED) is 0.632. The maximum absolute atomic E-state index is 11.7. The first kappa shape index (κ1) is 14.0. The number of hydrogen-bond acceptors (Lipinski definition) is 3. The van der Waals surface area contributed by atoms with Crippen LogP contribution in [0.2, 0.25) is 0 Å². The molecule has 0 heterocycles. The Bertz CT molecular complexity index is 491. The van der Waals surface area contributed by atoms with Crippen LogP contribution in [0.5, 0.6) is 0 Å². The number of nitriles is 1. The fraction of sp³-hybridized carbons (Fsp3) is 0.364. The van der Waals surface area contributed by atoms with Crippen LogP contribution in [0.1, 0.15) is 12.0 Å². The molecule has 0 spiro atoms. The van der Waals surface area contributed by atoms with Crippen molar-refractivity contribution in [1.29, 1.82) is 5.26 Å². The van der Waals surface area contributed by atoms with Crippen LogP contribution < -0.4 is 4.72 Å². The summed E-state index contributed by atoms with van der Waals surface area (Å²) in [6.45, 7) is 0.127. The van der Waals surface area contributed by atoms with Crippen LogP contribution in [0.25, 0.3) is 0 Å². The molecule has 0 aliphatic heterocycles. The summed E-state index contributed by atoms with van der Waals surface area (Å²) in [6.07, 6.45) is 0.868. The highest BCUT2D eigenvalue weighted by molar-refractivity contribution is 7.89. The molecule has 0 saturated carbocycles. The van der Waals surface area contributed by atoms with E-state index in [1.54, 1.807) is 12.1 Å². The zero-order valence-electron chi connectivity index (χ0n) is 9.19. The Balaban J connectivity index is 2.75. The summed E-state index contributed by atoms with van der Waals surface area (Å²) in [4.78, 5) is 0.203. The highest BCUT2D eigenvalue weighted by Gasteiger charge is 2.12. The molecule has 0 atom stereocenters. The average molecular weight is 273 g/mol. The van der Waals surface area contributed by atoms with Crippen molar-refractivity contribution in [2.45, 2.75) is 17.7 Å². The van der Waals surface area contributed by atoms with Gasteiger partial charge in [0.1, 0.15) is 0 Å². The Kier molecular flexibility index (Phi) is 5.42. The normalized spacial score (nSPS) is 11.1. The minimum Gasteiger partial charge on any atom is -0.210 e. The van der Waals surface area contributed by atoms with Crippen molar-refractivity contribution in [3.63, 3.8) is 0 Å². The van der Waals surface area contributed by atoms with E-state index in [-0.39, 0.29) is 17.9 Å². The lowest BCUT2D eigenvalue weighted by atomic mass is 10.2. The number of halogens is 1. The van der Waals surface area contributed by atoms with Gasteiger partial charge in [-0.05, 0) is 24.1 Å². The SMILES string of the molecule is N#CCCNS(=O)(=O)c1ccc(CCCl)cc1. The number of hydrogen-bond donors (Lipinski definition) is 1. The van der Waals surface area contributed by atoms with Crippen LogP contribution in [0.15, 0.2) is 29.2 Å². The third kappa shape index (κ3) is 4.35. The summed E-state index contributed by atoms with van der Waals surface area (Å²) >= 11 is 5.59. The van der Waals surface area contributed by atoms with Gasteiger partial charge in [0.2, 0.25) is 10.0 Å². The molecule has 1 aromatic carbocycles. The van der Waals surface area contributed by atoms with E-state index in [1.807, 2.05) is 6.07 Å². The second-order valence-corrected chi connectivity index (χ2v) is 5.53. The van der Waals surface area contributed by atoms with Crippen LogP contribution >= 0.6 is 11.6 Å². The van der Waals surface area contributed by atoms with Crippen molar-refractivity contribution in [3.8, 4) is 6.07 Å². The van der Waals surface area contributed by atoms with Gasteiger partial charge in [0.15, 0.2) is 0 Å². The maximum Gasteiger partial charge on any atom is 0.240 e. The smallest absolute Gasteiger partial charge is 0.210 e. The van der Waals surface area contributed by atoms with Crippen LogP contribution in [-0.2, 0) is 16.4 Å². The zero-order chi connectivity index (χ0) is 12.7. The Labute approximate surface area is 106 Å². The first-order chi connectivity index (χ1) is 8.10. The summed E-state index contributed by atoms with van der Waals surface area (Å²) in [5.74, 6) is 0.506.